The summed E-state index contributed by atoms with van der Waals surface area (Å²) in [5, 5.41) is 0. The highest BCUT2D eigenvalue weighted by molar-refractivity contribution is 7.88. The molecule has 1 aliphatic rings. The predicted octanol–water partition coefficient (Wildman–Crippen LogP) is 1.63. The summed E-state index contributed by atoms with van der Waals surface area (Å²) in [5.41, 5.74) is 0.971. The maximum atomic E-state index is 12.4. The minimum Gasteiger partial charge on any atom is -0.335 e. The van der Waals surface area contributed by atoms with Crippen molar-refractivity contribution in [1.29, 1.82) is 0 Å². The minimum absolute atomic E-state index is 0.0659. The third-order valence-corrected chi connectivity index (χ3v) is 4.40. The molecule has 0 aliphatic carbocycles. The van der Waals surface area contributed by atoms with Gasteiger partial charge >= 0.3 is 0 Å². The van der Waals surface area contributed by atoms with Gasteiger partial charge in [0.15, 0.2) is 0 Å². The van der Waals surface area contributed by atoms with Crippen molar-refractivity contribution in [3.63, 3.8) is 0 Å². The van der Waals surface area contributed by atoms with Crippen molar-refractivity contribution in [2.75, 3.05) is 19.3 Å². The van der Waals surface area contributed by atoms with E-state index in [1.165, 1.54) is 0 Å². The molecule has 1 aromatic rings. The molecule has 0 saturated carbocycles. The molecule has 120 valence electrons. The van der Waals surface area contributed by atoms with E-state index in [0.29, 0.717) is 6.54 Å². The Morgan fingerprint density at radius 2 is 2.05 bits per heavy atom. The van der Waals surface area contributed by atoms with Crippen LogP contribution in [0.4, 0.5) is 0 Å². The first-order chi connectivity index (χ1) is 10.5. The van der Waals surface area contributed by atoms with Gasteiger partial charge in [0.05, 0.1) is 6.26 Å². The molecule has 1 heterocycles. The van der Waals surface area contributed by atoms with Gasteiger partial charge in [-0.2, -0.15) is 0 Å². The molecule has 1 atom stereocenters. The van der Waals surface area contributed by atoms with Crippen LogP contribution in [0.25, 0.3) is 6.08 Å². The first-order valence-corrected chi connectivity index (χ1v) is 9.33. The molecule has 22 heavy (non-hydrogen) atoms. The molecule has 0 aromatic heterocycles. The second kappa shape index (κ2) is 7.56. The van der Waals surface area contributed by atoms with Crippen LogP contribution in [0.1, 0.15) is 24.8 Å². The molecule has 1 aliphatic heterocycles. The van der Waals surface area contributed by atoms with E-state index in [9.17, 15) is 13.2 Å². The summed E-state index contributed by atoms with van der Waals surface area (Å²) in [6.45, 7) is 0.956. The van der Waals surface area contributed by atoms with Gasteiger partial charge in [-0.1, -0.05) is 30.3 Å². The smallest absolute Gasteiger partial charge is 0.246 e. The van der Waals surface area contributed by atoms with Crippen LogP contribution in [-0.4, -0.2) is 44.6 Å². The Labute approximate surface area is 132 Å². The number of nitrogens with one attached hydrogen (secondary N) is 1. The van der Waals surface area contributed by atoms with E-state index in [1.807, 2.05) is 30.3 Å². The highest BCUT2D eigenvalue weighted by Gasteiger charge is 2.25. The van der Waals surface area contributed by atoms with Crippen LogP contribution in [0.5, 0.6) is 0 Å². The summed E-state index contributed by atoms with van der Waals surface area (Å²) in [7, 11) is -3.23. The number of likely N-dealkylation sites (tertiary alicyclic amines) is 1. The molecule has 1 aromatic carbocycles. The van der Waals surface area contributed by atoms with Gasteiger partial charge in [-0.3, -0.25) is 4.79 Å². The summed E-state index contributed by atoms with van der Waals surface area (Å²) in [6.07, 6.45) is 7.29. The third-order valence-electron chi connectivity index (χ3n) is 3.71. The lowest BCUT2D eigenvalue weighted by molar-refractivity contribution is -0.129. The Morgan fingerprint density at radius 1 is 1.32 bits per heavy atom. The van der Waals surface area contributed by atoms with Crippen LogP contribution in [0, 0.1) is 0 Å². The van der Waals surface area contributed by atoms with Crippen LogP contribution in [-0.2, 0) is 14.8 Å². The second-order valence-corrected chi connectivity index (χ2v) is 7.38. The van der Waals surface area contributed by atoms with Gasteiger partial charge in [0.2, 0.25) is 15.9 Å². The SMILES string of the molecule is CS(=O)(=O)NCC1CCCCN1C(=O)/C=C/c1ccccc1. The molecule has 1 N–H and O–H groups in total. The molecule has 1 unspecified atom stereocenters. The number of piperidine rings is 1. The van der Waals surface area contributed by atoms with E-state index in [1.54, 1.807) is 17.1 Å². The van der Waals surface area contributed by atoms with Crippen molar-refractivity contribution in [2.45, 2.75) is 25.3 Å². The van der Waals surface area contributed by atoms with Gasteiger partial charge in [0, 0.05) is 25.2 Å². The Balaban J connectivity index is 2.00. The van der Waals surface area contributed by atoms with Crippen LogP contribution < -0.4 is 4.72 Å². The second-order valence-electron chi connectivity index (χ2n) is 5.55. The van der Waals surface area contributed by atoms with Crippen molar-refractivity contribution in [3.05, 3.63) is 42.0 Å². The number of hydrogen-bond donors (Lipinski definition) is 1. The van der Waals surface area contributed by atoms with E-state index in [2.05, 4.69) is 4.72 Å². The molecule has 0 spiro atoms. The fourth-order valence-electron chi connectivity index (χ4n) is 2.58. The fourth-order valence-corrected chi connectivity index (χ4v) is 3.07. The first-order valence-electron chi connectivity index (χ1n) is 7.44. The summed E-state index contributed by atoms with van der Waals surface area (Å²) in [5.74, 6) is -0.0659. The summed E-state index contributed by atoms with van der Waals surface area (Å²) < 4.78 is 25.0. The zero-order valence-electron chi connectivity index (χ0n) is 12.7. The Kier molecular flexibility index (Phi) is 5.74. The number of benzene rings is 1. The summed E-state index contributed by atoms with van der Waals surface area (Å²) in [4.78, 5) is 14.1. The van der Waals surface area contributed by atoms with E-state index in [-0.39, 0.29) is 18.5 Å². The molecule has 0 bridgehead atoms. The van der Waals surface area contributed by atoms with Gasteiger partial charge in [-0.05, 0) is 30.9 Å². The number of carbonyl (C=O) groups is 1. The number of amides is 1. The number of carbonyl (C=O) groups excluding carboxylic acids is 1. The molecule has 5 nitrogen and oxygen atoms in total. The van der Waals surface area contributed by atoms with Crippen molar-refractivity contribution < 1.29 is 13.2 Å². The van der Waals surface area contributed by atoms with E-state index in [0.717, 1.165) is 31.1 Å². The van der Waals surface area contributed by atoms with Crippen LogP contribution in [0.3, 0.4) is 0 Å². The van der Waals surface area contributed by atoms with Crippen molar-refractivity contribution in [3.8, 4) is 0 Å². The van der Waals surface area contributed by atoms with Crippen LogP contribution in [0.2, 0.25) is 0 Å². The topological polar surface area (TPSA) is 66.5 Å². The van der Waals surface area contributed by atoms with E-state index >= 15 is 0 Å². The fraction of sp³-hybridized carbons (Fsp3) is 0.438. The van der Waals surface area contributed by atoms with Gasteiger partial charge < -0.3 is 4.90 Å². The van der Waals surface area contributed by atoms with Gasteiger partial charge in [-0.25, -0.2) is 13.1 Å². The first kappa shape index (κ1) is 16.7. The number of rotatable bonds is 5. The predicted molar refractivity (Wildman–Crippen MR) is 87.7 cm³/mol. The average molecular weight is 322 g/mol. The van der Waals surface area contributed by atoms with Gasteiger partial charge in [-0.15, -0.1) is 0 Å². The van der Waals surface area contributed by atoms with E-state index < -0.39 is 10.0 Å². The molecule has 1 saturated heterocycles. The standard InChI is InChI=1S/C16H22N2O3S/c1-22(20,21)17-13-15-9-5-6-12-18(15)16(19)11-10-14-7-3-2-4-8-14/h2-4,7-8,10-11,15,17H,5-6,9,12-13H2,1H3/b11-10+. The Hall–Kier alpha value is -1.66. The van der Waals surface area contributed by atoms with Gasteiger partial charge in [0.1, 0.15) is 0 Å². The summed E-state index contributed by atoms with van der Waals surface area (Å²) >= 11 is 0. The maximum absolute atomic E-state index is 12.4. The third kappa shape index (κ3) is 5.27. The van der Waals surface area contributed by atoms with Crippen LogP contribution >= 0.6 is 0 Å². The normalized spacial score (nSPS) is 19.5. The van der Waals surface area contributed by atoms with E-state index in [4.69, 9.17) is 0 Å². The van der Waals surface area contributed by atoms with Crippen molar-refractivity contribution >= 4 is 22.0 Å². The molecular weight excluding hydrogens is 300 g/mol. The monoisotopic (exact) mass is 322 g/mol. The van der Waals surface area contributed by atoms with Crippen molar-refractivity contribution in [2.24, 2.45) is 0 Å². The minimum atomic E-state index is -3.23. The Morgan fingerprint density at radius 3 is 2.73 bits per heavy atom. The molecule has 2 rings (SSSR count). The van der Waals surface area contributed by atoms with Gasteiger partial charge in [0.25, 0.3) is 0 Å². The molecule has 1 amide bonds. The number of nitrogens with zero attached hydrogens (tertiary/aromatic N) is 1. The number of hydrogen-bond acceptors (Lipinski definition) is 3. The zero-order valence-corrected chi connectivity index (χ0v) is 13.6. The molecule has 0 radical (unpaired) electrons. The lowest BCUT2D eigenvalue weighted by Crippen LogP contribution is -2.48. The lowest BCUT2D eigenvalue weighted by Gasteiger charge is -2.35. The molecular formula is C16H22N2O3S. The summed E-state index contributed by atoms with van der Waals surface area (Å²) in [6, 6.07) is 9.56. The lowest BCUT2D eigenvalue weighted by atomic mass is 10.0. The Bertz CT molecular complexity index is 626. The highest BCUT2D eigenvalue weighted by atomic mass is 32.2. The average Bonchev–Trinajstić information content (AvgIpc) is 2.51. The van der Waals surface area contributed by atoms with Crippen molar-refractivity contribution in [1.82, 2.24) is 9.62 Å². The van der Waals surface area contributed by atoms with Crippen LogP contribution in [0.15, 0.2) is 36.4 Å². The molecule has 6 heteroatoms. The molecule has 1 fully saturated rings. The zero-order chi connectivity index (χ0) is 16.0. The quantitative estimate of drug-likeness (QED) is 0.838. The highest BCUT2D eigenvalue weighted by Crippen LogP contribution is 2.17. The largest absolute Gasteiger partial charge is 0.335 e. The number of sulfonamides is 1. The maximum Gasteiger partial charge on any atom is 0.246 e.